The summed E-state index contributed by atoms with van der Waals surface area (Å²) in [5.41, 5.74) is 2.25. The van der Waals surface area contributed by atoms with Gasteiger partial charge in [0.2, 0.25) is 0 Å². The molecule has 0 atom stereocenters. The number of ether oxygens (including phenoxy) is 1. The normalized spacial score (nSPS) is 11.5. The Balaban J connectivity index is 0.000000216. The van der Waals surface area contributed by atoms with Crippen molar-refractivity contribution in [1.29, 1.82) is 0 Å². The predicted molar refractivity (Wildman–Crippen MR) is 257 cm³/mol. The van der Waals surface area contributed by atoms with Gasteiger partial charge in [-0.25, -0.2) is 28.6 Å². The number of alkyl halides is 6. The molecule has 4 amide bonds. The molecule has 0 fully saturated rings. The van der Waals surface area contributed by atoms with E-state index in [-0.39, 0.29) is 34.1 Å². The first-order valence-electron chi connectivity index (χ1n) is 21.8. The zero-order valence-corrected chi connectivity index (χ0v) is 39.0. The van der Waals surface area contributed by atoms with Crippen molar-refractivity contribution in [1.82, 2.24) is 39.4 Å². The molecule has 0 aliphatic carbocycles. The van der Waals surface area contributed by atoms with Crippen LogP contribution in [0.4, 0.5) is 48.2 Å². The molecule has 0 bridgehead atoms. The van der Waals surface area contributed by atoms with Gasteiger partial charge in [-0.15, -0.1) is 0 Å². The minimum atomic E-state index is -4.66. The molecule has 23 heteroatoms. The van der Waals surface area contributed by atoms with Crippen LogP contribution in [-0.2, 0) is 17.1 Å². The number of likely N-dealkylation sites (N-methyl/N-ethyl adjacent to an activating group) is 1. The third-order valence-electron chi connectivity index (χ3n) is 10.9. The number of aromatic nitrogens is 6. The molecule has 4 N–H and O–H groups in total. The largest absolute Gasteiger partial charge is 0.465 e. The molecule has 0 unspecified atom stereocenters. The SMILES string of the molecule is CCN(CC)CCNC(=O)c1cnn2c(-c3cccc(NC(=O)Nc4ccc(Cl)c(C(F)(F)F)c4)c3)ccnc12.COC(=O)c1cnn2c(-c3cccc(C(=O)Nc4cccc(C(F)(F)F)c4)c3)ccnc12. The van der Waals surface area contributed by atoms with Gasteiger partial charge in [0.15, 0.2) is 11.3 Å². The molecule has 0 saturated carbocycles. The second-order valence-electron chi connectivity index (χ2n) is 15.5. The number of esters is 1. The van der Waals surface area contributed by atoms with Gasteiger partial charge in [-0.05, 0) is 85.9 Å². The van der Waals surface area contributed by atoms with E-state index in [4.69, 9.17) is 16.3 Å². The molecule has 4 aromatic carbocycles. The number of hydrogen-bond acceptors (Lipinski definition) is 10. The summed E-state index contributed by atoms with van der Waals surface area (Å²) in [5, 5.41) is 18.4. The molecule has 4 heterocycles. The number of amides is 4. The number of nitrogens with one attached hydrogen (secondary N) is 4. The Bertz CT molecular complexity index is 3280. The van der Waals surface area contributed by atoms with Gasteiger partial charge < -0.3 is 30.9 Å². The molecule has 4 aromatic heterocycles. The molecule has 72 heavy (non-hydrogen) atoms. The lowest BCUT2D eigenvalue weighted by Gasteiger charge is -2.17. The fourth-order valence-electron chi connectivity index (χ4n) is 7.26. The summed E-state index contributed by atoms with van der Waals surface area (Å²) in [4.78, 5) is 60.6. The van der Waals surface area contributed by atoms with E-state index < -0.39 is 46.4 Å². The summed E-state index contributed by atoms with van der Waals surface area (Å²) in [6.07, 6.45) is -3.33. The van der Waals surface area contributed by atoms with Crippen molar-refractivity contribution < 1.29 is 50.3 Å². The average molecular weight is 1010 g/mol. The summed E-state index contributed by atoms with van der Waals surface area (Å²) < 4.78 is 85.9. The van der Waals surface area contributed by atoms with Gasteiger partial charge >= 0.3 is 24.4 Å². The molecule has 372 valence electrons. The Morgan fingerprint density at radius 1 is 0.653 bits per heavy atom. The summed E-state index contributed by atoms with van der Waals surface area (Å²) in [7, 11) is 1.25. The highest BCUT2D eigenvalue weighted by Gasteiger charge is 2.34. The lowest BCUT2D eigenvalue weighted by Crippen LogP contribution is -2.34. The monoisotopic (exact) mass is 1010 g/mol. The Morgan fingerprint density at radius 3 is 1.83 bits per heavy atom. The van der Waals surface area contributed by atoms with Crippen LogP contribution in [0.15, 0.2) is 128 Å². The quantitative estimate of drug-likeness (QED) is 0.0639. The van der Waals surface area contributed by atoms with Crippen LogP contribution in [0, 0.1) is 0 Å². The average Bonchev–Trinajstić information content (AvgIpc) is 4.01. The predicted octanol–water partition coefficient (Wildman–Crippen LogP) is 10.2. The minimum Gasteiger partial charge on any atom is -0.465 e. The molecule has 0 spiro atoms. The lowest BCUT2D eigenvalue weighted by atomic mass is 10.1. The standard InChI is InChI=1S/C27H27ClF3N7O2.C22H15F3N4O3/c1-3-37(4-2)13-12-33-25(39)20-16-34-38-23(10-11-32-24(20)38)17-6-5-7-18(14-17)35-26(40)36-19-8-9-22(28)21(15-19)27(29,30)31;1-32-21(31)17-12-27-29-18(8-9-26-19(17)29)13-4-2-5-14(10-13)20(30)28-16-7-3-6-15(11-16)22(23,24)25/h5-11,14-16H,3-4,12-13H2,1-2H3,(H,33,39)(H2,35,36,40);2-12H,1H3,(H,28,30). The minimum absolute atomic E-state index is 0.0244. The number of nitrogens with zero attached hydrogens (tertiary/aromatic N) is 7. The van der Waals surface area contributed by atoms with E-state index in [2.05, 4.69) is 60.2 Å². The second kappa shape index (κ2) is 22.2. The number of urea groups is 1. The number of carbonyl (C=O) groups excluding carboxylic acids is 4. The van der Waals surface area contributed by atoms with Crippen molar-refractivity contribution in [2.75, 3.05) is 49.2 Å². The van der Waals surface area contributed by atoms with Crippen LogP contribution in [0.2, 0.25) is 5.02 Å². The number of fused-ring (bicyclic) bond motifs is 2. The Hall–Kier alpha value is -8.37. The van der Waals surface area contributed by atoms with Crippen LogP contribution in [0.5, 0.6) is 0 Å². The van der Waals surface area contributed by atoms with Gasteiger partial charge in [0.05, 0.1) is 47.0 Å². The van der Waals surface area contributed by atoms with Gasteiger partial charge in [0.25, 0.3) is 11.8 Å². The first-order chi connectivity index (χ1) is 34.4. The number of halogens is 7. The van der Waals surface area contributed by atoms with Crippen LogP contribution in [-0.4, -0.2) is 91.2 Å². The van der Waals surface area contributed by atoms with Crippen molar-refractivity contribution in [3.63, 3.8) is 0 Å². The maximum Gasteiger partial charge on any atom is 0.417 e. The smallest absolute Gasteiger partial charge is 0.417 e. The first kappa shape index (κ1) is 51.5. The molecule has 0 aliphatic heterocycles. The summed E-state index contributed by atoms with van der Waals surface area (Å²) >= 11 is 5.64. The zero-order valence-electron chi connectivity index (χ0n) is 38.3. The van der Waals surface area contributed by atoms with Crippen LogP contribution >= 0.6 is 11.6 Å². The van der Waals surface area contributed by atoms with E-state index in [9.17, 15) is 45.5 Å². The van der Waals surface area contributed by atoms with E-state index >= 15 is 0 Å². The van der Waals surface area contributed by atoms with Crippen LogP contribution in [0.25, 0.3) is 33.8 Å². The van der Waals surface area contributed by atoms with Crippen molar-refractivity contribution in [2.45, 2.75) is 26.2 Å². The highest BCUT2D eigenvalue weighted by molar-refractivity contribution is 6.31. The number of carbonyl (C=O) groups is 4. The third-order valence-corrected chi connectivity index (χ3v) is 11.2. The molecular formula is C49H42ClF6N11O5. The van der Waals surface area contributed by atoms with Gasteiger partial charge in [0, 0.05) is 59.2 Å². The van der Waals surface area contributed by atoms with E-state index in [0.29, 0.717) is 46.0 Å². The first-order valence-corrected chi connectivity index (χ1v) is 22.1. The highest BCUT2D eigenvalue weighted by Crippen LogP contribution is 2.36. The number of hydrogen-bond donors (Lipinski definition) is 4. The topological polar surface area (TPSA) is 189 Å². The Kier molecular flexibility index (Phi) is 15.8. The Morgan fingerprint density at radius 2 is 1.22 bits per heavy atom. The van der Waals surface area contributed by atoms with E-state index in [1.54, 1.807) is 60.8 Å². The maximum atomic E-state index is 13.1. The lowest BCUT2D eigenvalue weighted by molar-refractivity contribution is -0.138. The van der Waals surface area contributed by atoms with E-state index in [1.807, 2.05) is 0 Å². The molecule has 0 saturated heterocycles. The van der Waals surface area contributed by atoms with Gasteiger partial charge in [0.1, 0.15) is 11.1 Å². The highest BCUT2D eigenvalue weighted by atomic mass is 35.5. The summed E-state index contributed by atoms with van der Waals surface area (Å²) in [6, 6.07) is 23.4. The second-order valence-corrected chi connectivity index (χ2v) is 15.9. The fraction of sp³-hybridized carbons (Fsp3) is 0.184. The van der Waals surface area contributed by atoms with Crippen LogP contribution < -0.4 is 21.3 Å². The number of methoxy groups -OCH3 is 1. The number of benzene rings is 4. The molecular weight excluding hydrogens is 972 g/mol. The zero-order chi connectivity index (χ0) is 51.7. The maximum absolute atomic E-state index is 13.1. The van der Waals surface area contributed by atoms with E-state index in [0.717, 1.165) is 43.9 Å². The van der Waals surface area contributed by atoms with Gasteiger partial charge in [-0.1, -0.05) is 55.8 Å². The molecule has 8 aromatic rings. The number of rotatable bonds is 13. The molecule has 8 rings (SSSR count). The van der Waals surface area contributed by atoms with Crippen LogP contribution in [0.1, 0.15) is 56.0 Å². The third kappa shape index (κ3) is 12.1. The van der Waals surface area contributed by atoms with Crippen molar-refractivity contribution in [3.05, 3.63) is 161 Å². The fourth-order valence-corrected chi connectivity index (χ4v) is 7.49. The van der Waals surface area contributed by atoms with Gasteiger partial charge in [-0.2, -0.15) is 36.5 Å². The molecule has 16 nitrogen and oxygen atoms in total. The summed E-state index contributed by atoms with van der Waals surface area (Å²) in [5.74, 6) is -1.44. The Labute approximate surface area is 411 Å². The van der Waals surface area contributed by atoms with E-state index in [1.165, 1.54) is 59.0 Å². The van der Waals surface area contributed by atoms with Crippen LogP contribution in [0.3, 0.4) is 0 Å². The van der Waals surface area contributed by atoms with Crippen molar-refractivity contribution in [2.24, 2.45) is 0 Å². The number of anilines is 3. The molecule has 0 radical (unpaired) electrons. The van der Waals surface area contributed by atoms with Gasteiger partial charge in [-0.3, -0.25) is 9.59 Å². The molecule has 0 aliphatic rings. The summed E-state index contributed by atoms with van der Waals surface area (Å²) in [6.45, 7) is 7.12. The van der Waals surface area contributed by atoms with Crippen molar-refractivity contribution >= 4 is 63.8 Å². The van der Waals surface area contributed by atoms with Crippen molar-refractivity contribution in [3.8, 4) is 22.5 Å².